The lowest BCUT2D eigenvalue weighted by atomic mass is 10.1. The lowest BCUT2D eigenvalue weighted by Crippen LogP contribution is -2.34. The van der Waals surface area contributed by atoms with E-state index in [4.69, 9.17) is 0 Å². The number of thioether (sulfide) groups is 1. The number of fused-ring (bicyclic) bond motifs is 1. The molecule has 2 atom stereocenters. The molecule has 0 radical (unpaired) electrons. The summed E-state index contributed by atoms with van der Waals surface area (Å²) in [5.74, 6) is 0.122. The fourth-order valence-corrected chi connectivity index (χ4v) is 4.10. The van der Waals surface area contributed by atoms with E-state index < -0.39 is 0 Å². The van der Waals surface area contributed by atoms with Gasteiger partial charge in [-0.1, -0.05) is 64.5 Å². The predicted octanol–water partition coefficient (Wildman–Crippen LogP) is 3.96. The molecule has 0 aromatic heterocycles. The van der Waals surface area contributed by atoms with Crippen molar-refractivity contribution in [1.29, 1.82) is 0 Å². The highest BCUT2D eigenvalue weighted by Crippen LogP contribution is 2.36. The summed E-state index contributed by atoms with van der Waals surface area (Å²) in [6.45, 7) is 0.607. The van der Waals surface area contributed by atoms with Crippen LogP contribution in [0.5, 0.6) is 0 Å². The quantitative estimate of drug-likeness (QED) is 0.835. The molecule has 3 rings (SSSR count). The van der Waals surface area contributed by atoms with Gasteiger partial charge in [-0.2, -0.15) is 0 Å². The number of benzene rings is 2. The fraction of sp³-hybridized carbons (Fsp3) is 0.235. The Morgan fingerprint density at radius 1 is 1.19 bits per heavy atom. The lowest BCUT2D eigenvalue weighted by molar-refractivity contribution is -0.120. The molecule has 0 saturated heterocycles. The number of halogens is 1. The number of carbonyl (C=O) groups excluding carboxylic acids is 1. The topological polar surface area (TPSA) is 29.1 Å². The maximum Gasteiger partial charge on any atom is 0.233 e. The first-order valence-electron chi connectivity index (χ1n) is 6.95. The minimum Gasteiger partial charge on any atom is -0.354 e. The van der Waals surface area contributed by atoms with Crippen LogP contribution in [-0.2, 0) is 11.2 Å². The molecule has 4 heteroatoms. The van der Waals surface area contributed by atoms with Gasteiger partial charge in [0.05, 0.1) is 10.1 Å². The van der Waals surface area contributed by atoms with E-state index in [1.54, 1.807) is 11.8 Å². The molecule has 108 valence electrons. The number of carbonyl (C=O) groups is 1. The van der Waals surface area contributed by atoms with Gasteiger partial charge in [-0.15, -0.1) is 11.8 Å². The van der Waals surface area contributed by atoms with E-state index in [1.165, 1.54) is 16.0 Å². The molecule has 0 saturated carbocycles. The standard InChI is InChI=1S/C17H16BrNOS/c18-14(12-6-2-1-3-7-12)11-19-17(20)16-10-13-8-4-5-9-15(13)21-16/h1-9,14,16H,10-11H2,(H,19,20). The molecule has 0 spiro atoms. The zero-order chi connectivity index (χ0) is 14.7. The molecule has 1 amide bonds. The Labute approximate surface area is 137 Å². The van der Waals surface area contributed by atoms with Gasteiger partial charge in [-0.05, 0) is 23.6 Å². The molecule has 21 heavy (non-hydrogen) atoms. The van der Waals surface area contributed by atoms with Gasteiger partial charge in [0.25, 0.3) is 0 Å². The van der Waals surface area contributed by atoms with Gasteiger partial charge < -0.3 is 5.32 Å². The molecule has 1 N–H and O–H groups in total. The highest BCUT2D eigenvalue weighted by atomic mass is 79.9. The van der Waals surface area contributed by atoms with Crippen molar-refractivity contribution >= 4 is 33.6 Å². The SMILES string of the molecule is O=C(NCC(Br)c1ccccc1)C1Cc2ccccc2S1. The zero-order valence-corrected chi connectivity index (χ0v) is 13.9. The zero-order valence-electron chi connectivity index (χ0n) is 11.5. The Balaban J connectivity index is 1.54. The number of alkyl halides is 1. The van der Waals surface area contributed by atoms with Crippen LogP contribution in [0.15, 0.2) is 59.5 Å². The lowest BCUT2D eigenvalue weighted by Gasteiger charge is -2.14. The molecule has 2 nitrogen and oxygen atoms in total. The molecule has 0 aliphatic carbocycles. The van der Waals surface area contributed by atoms with Crippen molar-refractivity contribution in [2.24, 2.45) is 0 Å². The highest BCUT2D eigenvalue weighted by molar-refractivity contribution is 9.09. The first kappa shape index (κ1) is 14.7. The minimum atomic E-state index is -0.00197. The molecule has 1 aliphatic heterocycles. The summed E-state index contributed by atoms with van der Waals surface area (Å²) in [5.41, 5.74) is 2.46. The number of amides is 1. The van der Waals surface area contributed by atoms with E-state index in [0.717, 1.165) is 6.42 Å². The molecule has 0 bridgehead atoms. The number of nitrogens with one attached hydrogen (secondary N) is 1. The Kier molecular flexibility index (Phi) is 4.66. The molecule has 2 aromatic rings. The van der Waals surface area contributed by atoms with Gasteiger partial charge in [-0.25, -0.2) is 0 Å². The Hall–Kier alpha value is -1.26. The van der Waals surface area contributed by atoms with Crippen molar-refractivity contribution < 1.29 is 4.79 Å². The van der Waals surface area contributed by atoms with E-state index in [1.807, 2.05) is 30.3 Å². The molecule has 1 heterocycles. The van der Waals surface area contributed by atoms with Gasteiger partial charge in [-0.3, -0.25) is 4.79 Å². The van der Waals surface area contributed by atoms with Gasteiger partial charge in [0.15, 0.2) is 0 Å². The van der Waals surface area contributed by atoms with Crippen molar-refractivity contribution in [1.82, 2.24) is 5.32 Å². The van der Waals surface area contributed by atoms with Crippen LogP contribution in [0, 0.1) is 0 Å². The molecular formula is C17H16BrNOS. The van der Waals surface area contributed by atoms with Gasteiger partial charge in [0, 0.05) is 11.4 Å². The van der Waals surface area contributed by atoms with E-state index in [0.29, 0.717) is 6.54 Å². The Bertz CT molecular complexity index is 607. The van der Waals surface area contributed by atoms with Crippen molar-refractivity contribution in [3.63, 3.8) is 0 Å². The van der Waals surface area contributed by atoms with E-state index in [2.05, 4.69) is 45.5 Å². The molecule has 2 unspecified atom stereocenters. The molecule has 0 fully saturated rings. The van der Waals surface area contributed by atoms with Crippen LogP contribution in [0.2, 0.25) is 0 Å². The highest BCUT2D eigenvalue weighted by Gasteiger charge is 2.28. The van der Waals surface area contributed by atoms with Crippen molar-refractivity contribution in [3.8, 4) is 0 Å². The summed E-state index contributed by atoms with van der Waals surface area (Å²) in [6, 6.07) is 18.4. The summed E-state index contributed by atoms with van der Waals surface area (Å²) >= 11 is 5.29. The van der Waals surface area contributed by atoms with Crippen LogP contribution in [0.25, 0.3) is 0 Å². The van der Waals surface area contributed by atoms with Crippen molar-refractivity contribution in [2.45, 2.75) is 21.4 Å². The van der Waals surface area contributed by atoms with Crippen LogP contribution in [0.3, 0.4) is 0 Å². The normalized spacial score (nSPS) is 18.0. The van der Waals surface area contributed by atoms with Crippen LogP contribution in [-0.4, -0.2) is 17.7 Å². The summed E-state index contributed by atoms with van der Waals surface area (Å²) in [6.07, 6.45) is 0.824. The molecular weight excluding hydrogens is 346 g/mol. The van der Waals surface area contributed by atoms with Crippen molar-refractivity contribution in [3.05, 3.63) is 65.7 Å². The first-order chi connectivity index (χ1) is 10.2. The minimum absolute atomic E-state index is 0.00197. The van der Waals surface area contributed by atoms with E-state index >= 15 is 0 Å². The van der Waals surface area contributed by atoms with Gasteiger partial charge in [0.1, 0.15) is 0 Å². The summed E-state index contributed by atoms with van der Waals surface area (Å²) in [7, 11) is 0. The summed E-state index contributed by atoms with van der Waals surface area (Å²) < 4.78 is 0. The molecule has 2 aromatic carbocycles. The second-order valence-electron chi connectivity index (χ2n) is 5.04. The first-order valence-corrected chi connectivity index (χ1v) is 8.75. The second kappa shape index (κ2) is 6.67. The maximum atomic E-state index is 12.3. The number of hydrogen-bond donors (Lipinski definition) is 1. The third kappa shape index (κ3) is 3.50. The third-order valence-corrected chi connectivity index (χ3v) is 5.73. The van der Waals surface area contributed by atoms with Crippen LogP contribution >= 0.6 is 27.7 Å². The average Bonchev–Trinajstić information content (AvgIpc) is 2.97. The monoisotopic (exact) mass is 361 g/mol. The van der Waals surface area contributed by atoms with E-state index in [9.17, 15) is 4.79 Å². The fourth-order valence-electron chi connectivity index (χ4n) is 2.41. The smallest absolute Gasteiger partial charge is 0.233 e. The summed E-state index contributed by atoms with van der Waals surface area (Å²) in [4.78, 5) is 13.7. The third-order valence-electron chi connectivity index (χ3n) is 3.56. The van der Waals surface area contributed by atoms with Crippen LogP contribution < -0.4 is 5.32 Å². The Morgan fingerprint density at radius 2 is 1.90 bits per heavy atom. The number of rotatable bonds is 4. The van der Waals surface area contributed by atoms with Gasteiger partial charge >= 0.3 is 0 Å². The largest absolute Gasteiger partial charge is 0.354 e. The second-order valence-corrected chi connectivity index (χ2v) is 7.39. The maximum absolute atomic E-state index is 12.3. The van der Waals surface area contributed by atoms with Crippen molar-refractivity contribution in [2.75, 3.05) is 6.54 Å². The van der Waals surface area contributed by atoms with Crippen LogP contribution in [0.4, 0.5) is 0 Å². The Morgan fingerprint density at radius 3 is 2.67 bits per heavy atom. The molecule has 1 aliphatic rings. The van der Waals surface area contributed by atoms with Crippen LogP contribution in [0.1, 0.15) is 16.0 Å². The summed E-state index contributed by atoms with van der Waals surface area (Å²) in [5, 5.41) is 3.05. The van der Waals surface area contributed by atoms with Gasteiger partial charge in [0.2, 0.25) is 5.91 Å². The van der Waals surface area contributed by atoms with E-state index in [-0.39, 0.29) is 16.0 Å². The average molecular weight is 362 g/mol. The number of hydrogen-bond acceptors (Lipinski definition) is 2. The predicted molar refractivity (Wildman–Crippen MR) is 90.9 cm³/mol.